The lowest BCUT2D eigenvalue weighted by Gasteiger charge is -2.20. The minimum atomic E-state index is -0.192. The number of likely N-dealkylation sites (tertiary alicyclic amines) is 1. The highest BCUT2D eigenvalue weighted by Gasteiger charge is 2.43. The van der Waals surface area contributed by atoms with Gasteiger partial charge >= 0.3 is 0 Å². The lowest BCUT2D eigenvalue weighted by atomic mass is 10.00. The molecule has 17 heavy (non-hydrogen) atoms. The standard InChI is InChI=1S/C13H24N2O2/c1-2-3-10(14)6-13(17)15-7-9-4-5-12(16)11(9)8-15/h9-12,16H,2-8,14H2,1H3. The van der Waals surface area contributed by atoms with Crippen molar-refractivity contribution in [2.45, 2.75) is 51.2 Å². The van der Waals surface area contributed by atoms with Gasteiger partial charge in [-0.15, -0.1) is 0 Å². The van der Waals surface area contributed by atoms with Crippen LogP contribution in [-0.4, -0.2) is 41.1 Å². The molecule has 4 atom stereocenters. The van der Waals surface area contributed by atoms with Crippen molar-refractivity contribution in [1.29, 1.82) is 0 Å². The Morgan fingerprint density at radius 2 is 2.24 bits per heavy atom. The number of nitrogens with zero attached hydrogens (tertiary/aromatic N) is 1. The first kappa shape index (κ1) is 12.8. The Labute approximate surface area is 103 Å². The lowest BCUT2D eigenvalue weighted by molar-refractivity contribution is -0.131. The minimum absolute atomic E-state index is 0.00198. The molecule has 0 aromatic carbocycles. The summed E-state index contributed by atoms with van der Waals surface area (Å²) in [5.41, 5.74) is 5.90. The summed E-state index contributed by atoms with van der Waals surface area (Å²) in [7, 11) is 0. The van der Waals surface area contributed by atoms with E-state index in [1.54, 1.807) is 0 Å². The third kappa shape index (κ3) is 2.80. The monoisotopic (exact) mass is 240 g/mol. The first-order chi connectivity index (χ1) is 8.11. The van der Waals surface area contributed by atoms with Crippen molar-refractivity contribution in [3.05, 3.63) is 0 Å². The molecule has 3 N–H and O–H groups in total. The molecular formula is C13H24N2O2. The van der Waals surface area contributed by atoms with E-state index < -0.39 is 0 Å². The van der Waals surface area contributed by atoms with Crippen molar-refractivity contribution >= 4 is 5.91 Å². The van der Waals surface area contributed by atoms with Gasteiger partial charge in [0.25, 0.3) is 0 Å². The van der Waals surface area contributed by atoms with Crippen molar-refractivity contribution in [2.75, 3.05) is 13.1 Å². The molecule has 0 radical (unpaired) electrons. The van der Waals surface area contributed by atoms with Crippen LogP contribution in [0.3, 0.4) is 0 Å². The fourth-order valence-electron chi connectivity index (χ4n) is 3.27. The van der Waals surface area contributed by atoms with E-state index in [1.807, 2.05) is 4.90 Å². The largest absolute Gasteiger partial charge is 0.393 e. The van der Waals surface area contributed by atoms with Gasteiger partial charge in [0.1, 0.15) is 0 Å². The molecule has 0 aromatic heterocycles. The highest BCUT2D eigenvalue weighted by Crippen LogP contribution is 2.38. The summed E-state index contributed by atoms with van der Waals surface area (Å²) >= 11 is 0. The molecule has 1 heterocycles. The Balaban J connectivity index is 1.82. The molecule has 0 bridgehead atoms. The van der Waals surface area contributed by atoms with Gasteiger partial charge in [0.05, 0.1) is 6.10 Å². The molecular weight excluding hydrogens is 216 g/mol. The molecule has 4 nitrogen and oxygen atoms in total. The lowest BCUT2D eigenvalue weighted by Crippen LogP contribution is -2.35. The normalized spacial score (nSPS) is 33.8. The van der Waals surface area contributed by atoms with Crippen molar-refractivity contribution < 1.29 is 9.90 Å². The number of aliphatic hydroxyl groups is 1. The average Bonchev–Trinajstić information content (AvgIpc) is 2.81. The first-order valence-electron chi connectivity index (χ1n) is 6.83. The quantitative estimate of drug-likeness (QED) is 0.761. The zero-order valence-electron chi connectivity index (χ0n) is 10.6. The number of aliphatic hydroxyl groups excluding tert-OH is 1. The predicted octanol–water partition coefficient (Wildman–Crippen LogP) is 0.733. The van der Waals surface area contributed by atoms with Crippen LogP contribution in [0.2, 0.25) is 0 Å². The zero-order valence-corrected chi connectivity index (χ0v) is 10.6. The third-order valence-electron chi connectivity index (χ3n) is 4.27. The summed E-state index contributed by atoms with van der Waals surface area (Å²) in [6.07, 6.45) is 4.18. The van der Waals surface area contributed by atoms with Crippen LogP contribution >= 0.6 is 0 Å². The zero-order chi connectivity index (χ0) is 12.4. The molecule has 4 heteroatoms. The van der Waals surface area contributed by atoms with Crippen LogP contribution in [0, 0.1) is 11.8 Å². The van der Waals surface area contributed by atoms with Crippen LogP contribution in [0.4, 0.5) is 0 Å². The number of carbonyl (C=O) groups excluding carboxylic acids is 1. The SMILES string of the molecule is CCCC(N)CC(=O)N1CC2CCC(O)C2C1. The van der Waals surface area contributed by atoms with Crippen molar-refractivity contribution in [2.24, 2.45) is 17.6 Å². The van der Waals surface area contributed by atoms with Gasteiger partial charge in [0.15, 0.2) is 0 Å². The summed E-state index contributed by atoms with van der Waals surface area (Å²) in [4.78, 5) is 13.9. The highest BCUT2D eigenvalue weighted by molar-refractivity contribution is 5.77. The maximum atomic E-state index is 12.0. The molecule has 0 aromatic rings. The predicted molar refractivity (Wildman–Crippen MR) is 66.3 cm³/mol. The topological polar surface area (TPSA) is 66.6 Å². The van der Waals surface area contributed by atoms with E-state index in [1.165, 1.54) is 0 Å². The van der Waals surface area contributed by atoms with Gasteiger partial charge in [-0.25, -0.2) is 0 Å². The number of amides is 1. The number of carbonyl (C=O) groups is 1. The van der Waals surface area contributed by atoms with Crippen LogP contribution < -0.4 is 5.73 Å². The maximum absolute atomic E-state index is 12.0. The van der Waals surface area contributed by atoms with Crippen LogP contribution in [0.5, 0.6) is 0 Å². The molecule has 2 aliphatic rings. The smallest absolute Gasteiger partial charge is 0.224 e. The maximum Gasteiger partial charge on any atom is 0.224 e. The second-order valence-corrected chi connectivity index (χ2v) is 5.62. The number of nitrogens with two attached hydrogens (primary N) is 1. The Morgan fingerprint density at radius 3 is 2.88 bits per heavy atom. The number of hydrogen-bond acceptors (Lipinski definition) is 3. The summed E-state index contributed by atoms with van der Waals surface area (Å²) in [5, 5.41) is 9.80. The highest BCUT2D eigenvalue weighted by atomic mass is 16.3. The van der Waals surface area contributed by atoms with Gasteiger partial charge in [-0.2, -0.15) is 0 Å². The van der Waals surface area contributed by atoms with Crippen LogP contribution in [0.25, 0.3) is 0 Å². The van der Waals surface area contributed by atoms with Gasteiger partial charge in [-0.1, -0.05) is 13.3 Å². The Kier molecular flexibility index (Phi) is 4.05. The molecule has 1 saturated heterocycles. The van der Waals surface area contributed by atoms with Crippen LogP contribution in [0.1, 0.15) is 39.0 Å². The molecule has 98 valence electrons. The van der Waals surface area contributed by atoms with E-state index in [4.69, 9.17) is 5.73 Å². The first-order valence-corrected chi connectivity index (χ1v) is 6.83. The molecule has 1 aliphatic carbocycles. The average molecular weight is 240 g/mol. The van der Waals surface area contributed by atoms with E-state index in [0.29, 0.717) is 18.3 Å². The summed E-state index contributed by atoms with van der Waals surface area (Å²) in [6, 6.07) is -0.00198. The van der Waals surface area contributed by atoms with E-state index in [0.717, 1.165) is 38.8 Å². The number of hydrogen-bond donors (Lipinski definition) is 2. The van der Waals surface area contributed by atoms with Gasteiger partial charge in [0.2, 0.25) is 5.91 Å². The molecule has 1 aliphatic heterocycles. The van der Waals surface area contributed by atoms with Crippen molar-refractivity contribution in [3.63, 3.8) is 0 Å². The van der Waals surface area contributed by atoms with E-state index in [2.05, 4.69) is 6.92 Å². The molecule has 0 spiro atoms. The van der Waals surface area contributed by atoms with E-state index in [9.17, 15) is 9.90 Å². The van der Waals surface area contributed by atoms with Gasteiger partial charge in [0, 0.05) is 31.5 Å². The molecule has 2 rings (SSSR count). The number of rotatable bonds is 4. The second kappa shape index (κ2) is 5.36. The van der Waals surface area contributed by atoms with Gasteiger partial charge in [-0.05, 0) is 25.2 Å². The Bertz CT molecular complexity index is 283. The summed E-state index contributed by atoms with van der Waals surface area (Å²) in [5.74, 6) is 1.02. The molecule has 1 amide bonds. The summed E-state index contributed by atoms with van der Waals surface area (Å²) in [6.45, 7) is 3.66. The van der Waals surface area contributed by atoms with Crippen molar-refractivity contribution in [3.8, 4) is 0 Å². The number of fused-ring (bicyclic) bond motifs is 1. The summed E-state index contributed by atoms with van der Waals surface area (Å²) < 4.78 is 0. The van der Waals surface area contributed by atoms with Crippen molar-refractivity contribution in [1.82, 2.24) is 4.90 Å². The minimum Gasteiger partial charge on any atom is -0.393 e. The van der Waals surface area contributed by atoms with E-state index >= 15 is 0 Å². The van der Waals surface area contributed by atoms with Gasteiger partial charge < -0.3 is 15.7 Å². The fourth-order valence-corrected chi connectivity index (χ4v) is 3.27. The van der Waals surface area contributed by atoms with Gasteiger partial charge in [-0.3, -0.25) is 4.79 Å². The molecule has 1 saturated carbocycles. The van der Waals surface area contributed by atoms with Crippen LogP contribution in [0.15, 0.2) is 0 Å². The molecule has 4 unspecified atom stereocenters. The Hall–Kier alpha value is -0.610. The Morgan fingerprint density at radius 1 is 1.47 bits per heavy atom. The second-order valence-electron chi connectivity index (χ2n) is 5.62. The van der Waals surface area contributed by atoms with E-state index in [-0.39, 0.29) is 18.1 Å². The fraction of sp³-hybridized carbons (Fsp3) is 0.923. The van der Waals surface area contributed by atoms with Crippen LogP contribution in [-0.2, 0) is 4.79 Å². The third-order valence-corrected chi connectivity index (χ3v) is 4.27. The molecule has 2 fully saturated rings.